The minimum atomic E-state index is -0.547. The van der Waals surface area contributed by atoms with Gasteiger partial charge in [-0.15, -0.1) is 0 Å². The Labute approximate surface area is 110 Å². The Hall–Kier alpha value is -1.77. The number of carbonyl (C=O) groups is 1. The molecule has 1 unspecified atom stereocenters. The fraction of sp³-hybridized carbons (Fsp3) is 0.333. The van der Waals surface area contributed by atoms with Crippen molar-refractivity contribution in [2.45, 2.75) is 6.10 Å². The highest BCUT2D eigenvalue weighted by atomic mass is 35.5. The van der Waals surface area contributed by atoms with Crippen LogP contribution in [-0.2, 0) is 4.74 Å². The normalized spacial score (nSPS) is 19.1. The molecule has 18 heavy (non-hydrogen) atoms. The van der Waals surface area contributed by atoms with Gasteiger partial charge in [-0.1, -0.05) is 11.6 Å². The average molecular weight is 266 g/mol. The Kier molecular flexibility index (Phi) is 4.03. The first kappa shape index (κ1) is 12.7. The quantitative estimate of drug-likeness (QED) is 0.846. The van der Waals surface area contributed by atoms with Gasteiger partial charge in [0.05, 0.1) is 19.2 Å². The number of benzene rings is 1. The number of hydrogen-bond donors (Lipinski definition) is 1. The van der Waals surface area contributed by atoms with E-state index >= 15 is 0 Å². The molecule has 2 amide bonds. The van der Waals surface area contributed by atoms with Crippen molar-refractivity contribution < 1.29 is 9.53 Å². The van der Waals surface area contributed by atoms with E-state index in [1.165, 1.54) is 0 Å². The number of rotatable bonds is 1. The largest absolute Gasteiger partial charge is 0.360 e. The van der Waals surface area contributed by atoms with Crippen molar-refractivity contribution in [2.24, 2.45) is 0 Å². The van der Waals surface area contributed by atoms with Crippen molar-refractivity contribution in [1.29, 1.82) is 5.26 Å². The molecule has 5 nitrogen and oxygen atoms in total. The van der Waals surface area contributed by atoms with Crippen LogP contribution in [-0.4, -0.2) is 36.7 Å². The molecule has 1 atom stereocenters. The molecule has 0 aliphatic carbocycles. The maximum absolute atomic E-state index is 11.9. The first-order valence-electron chi connectivity index (χ1n) is 5.52. The van der Waals surface area contributed by atoms with E-state index in [9.17, 15) is 4.79 Å². The Morgan fingerprint density at radius 1 is 1.50 bits per heavy atom. The fourth-order valence-electron chi connectivity index (χ4n) is 1.65. The number of hydrogen-bond acceptors (Lipinski definition) is 3. The molecule has 1 N–H and O–H groups in total. The summed E-state index contributed by atoms with van der Waals surface area (Å²) in [4.78, 5) is 13.5. The fourth-order valence-corrected chi connectivity index (χ4v) is 1.77. The standard InChI is InChI=1S/C12H12ClN3O2/c13-9-1-3-10(4-2-9)15-12(17)16-5-6-18-11(7-14)8-16/h1-4,11H,5-6,8H2,(H,15,17). The number of halogens is 1. The molecule has 1 aliphatic heterocycles. The van der Waals surface area contributed by atoms with Gasteiger partial charge < -0.3 is 15.0 Å². The first-order chi connectivity index (χ1) is 8.69. The van der Waals surface area contributed by atoms with E-state index in [-0.39, 0.29) is 12.6 Å². The molecular weight excluding hydrogens is 254 g/mol. The van der Waals surface area contributed by atoms with Gasteiger partial charge >= 0.3 is 6.03 Å². The third-order valence-electron chi connectivity index (χ3n) is 2.59. The van der Waals surface area contributed by atoms with Crippen LogP contribution in [0.5, 0.6) is 0 Å². The molecule has 0 aromatic heterocycles. The zero-order valence-electron chi connectivity index (χ0n) is 9.60. The molecule has 0 bridgehead atoms. The van der Waals surface area contributed by atoms with Crippen LogP contribution in [0.1, 0.15) is 0 Å². The lowest BCUT2D eigenvalue weighted by atomic mass is 10.3. The number of ether oxygens (including phenoxy) is 1. The van der Waals surface area contributed by atoms with E-state index in [0.717, 1.165) is 0 Å². The highest BCUT2D eigenvalue weighted by molar-refractivity contribution is 6.30. The van der Waals surface area contributed by atoms with E-state index < -0.39 is 6.10 Å². The van der Waals surface area contributed by atoms with Gasteiger partial charge in [-0.25, -0.2) is 4.79 Å². The van der Waals surface area contributed by atoms with E-state index in [4.69, 9.17) is 21.6 Å². The Morgan fingerprint density at radius 3 is 2.89 bits per heavy atom. The van der Waals surface area contributed by atoms with Crippen molar-refractivity contribution in [3.8, 4) is 6.07 Å². The highest BCUT2D eigenvalue weighted by Gasteiger charge is 2.23. The Balaban J connectivity index is 1.95. The number of amides is 2. The number of nitriles is 1. The monoisotopic (exact) mass is 265 g/mol. The summed E-state index contributed by atoms with van der Waals surface area (Å²) in [5.41, 5.74) is 0.671. The summed E-state index contributed by atoms with van der Waals surface area (Å²) in [5, 5.41) is 12.1. The number of urea groups is 1. The van der Waals surface area contributed by atoms with Crippen molar-refractivity contribution in [3.63, 3.8) is 0 Å². The van der Waals surface area contributed by atoms with Crippen LogP contribution >= 0.6 is 11.6 Å². The van der Waals surface area contributed by atoms with Gasteiger partial charge in [0, 0.05) is 17.3 Å². The number of nitrogens with one attached hydrogen (secondary N) is 1. The summed E-state index contributed by atoms with van der Waals surface area (Å²) in [6.45, 7) is 1.15. The molecule has 1 saturated heterocycles. The number of morpholine rings is 1. The van der Waals surface area contributed by atoms with Gasteiger partial charge in [0.25, 0.3) is 0 Å². The molecule has 94 valence electrons. The Bertz CT molecular complexity index is 469. The molecule has 2 rings (SSSR count). The second-order valence-electron chi connectivity index (χ2n) is 3.87. The Morgan fingerprint density at radius 2 is 2.22 bits per heavy atom. The molecule has 1 aromatic rings. The minimum absolute atomic E-state index is 0.235. The third kappa shape index (κ3) is 3.13. The molecule has 1 aliphatic rings. The minimum Gasteiger partial charge on any atom is -0.360 e. The van der Waals surface area contributed by atoms with Crippen molar-refractivity contribution in [2.75, 3.05) is 25.0 Å². The van der Waals surface area contributed by atoms with Crippen LogP contribution in [0.4, 0.5) is 10.5 Å². The lowest BCUT2D eigenvalue weighted by Gasteiger charge is -2.29. The molecule has 6 heteroatoms. The maximum atomic E-state index is 11.9. The van der Waals surface area contributed by atoms with Crippen molar-refractivity contribution >= 4 is 23.3 Å². The molecule has 1 fully saturated rings. The van der Waals surface area contributed by atoms with Crippen LogP contribution in [0.3, 0.4) is 0 Å². The third-order valence-corrected chi connectivity index (χ3v) is 2.85. The molecular formula is C12H12ClN3O2. The lowest BCUT2D eigenvalue weighted by molar-refractivity contribution is 0.0181. The lowest BCUT2D eigenvalue weighted by Crippen LogP contribution is -2.46. The van der Waals surface area contributed by atoms with Crippen molar-refractivity contribution in [3.05, 3.63) is 29.3 Å². The average Bonchev–Trinajstić information content (AvgIpc) is 2.41. The van der Waals surface area contributed by atoms with Gasteiger partial charge in [-0.2, -0.15) is 5.26 Å². The van der Waals surface area contributed by atoms with E-state index in [1.807, 2.05) is 6.07 Å². The van der Waals surface area contributed by atoms with E-state index in [0.29, 0.717) is 23.9 Å². The van der Waals surface area contributed by atoms with Crippen LogP contribution < -0.4 is 5.32 Å². The van der Waals surface area contributed by atoms with Crippen LogP contribution in [0.25, 0.3) is 0 Å². The predicted molar refractivity (Wildman–Crippen MR) is 67.4 cm³/mol. The first-order valence-corrected chi connectivity index (χ1v) is 5.89. The molecule has 1 heterocycles. The number of carbonyl (C=O) groups excluding carboxylic acids is 1. The SMILES string of the molecule is N#CC1CN(C(=O)Nc2ccc(Cl)cc2)CCO1. The summed E-state index contributed by atoms with van der Waals surface area (Å²) in [7, 11) is 0. The van der Waals surface area contributed by atoms with Gasteiger partial charge in [0.1, 0.15) is 0 Å². The second kappa shape index (κ2) is 5.71. The summed E-state index contributed by atoms with van der Waals surface area (Å²) >= 11 is 5.76. The smallest absolute Gasteiger partial charge is 0.322 e. The van der Waals surface area contributed by atoms with Gasteiger partial charge in [0.15, 0.2) is 6.10 Å². The van der Waals surface area contributed by atoms with E-state index in [2.05, 4.69) is 5.32 Å². The molecule has 1 aromatic carbocycles. The predicted octanol–water partition coefficient (Wildman–Crippen LogP) is 2.10. The summed E-state index contributed by atoms with van der Waals surface area (Å²) in [6, 6.07) is 8.62. The van der Waals surface area contributed by atoms with Crippen LogP contribution in [0.2, 0.25) is 5.02 Å². The number of nitrogens with zero attached hydrogens (tertiary/aromatic N) is 2. The molecule has 0 radical (unpaired) electrons. The van der Waals surface area contributed by atoms with Crippen molar-refractivity contribution in [1.82, 2.24) is 4.90 Å². The highest BCUT2D eigenvalue weighted by Crippen LogP contribution is 2.14. The molecule has 0 spiro atoms. The summed E-state index contributed by atoms with van der Waals surface area (Å²) < 4.78 is 5.17. The van der Waals surface area contributed by atoms with Crippen LogP contribution in [0, 0.1) is 11.3 Å². The van der Waals surface area contributed by atoms with Gasteiger partial charge in [-0.3, -0.25) is 0 Å². The zero-order valence-corrected chi connectivity index (χ0v) is 10.4. The summed E-state index contributed by atoms with van der Waals surface area (Å²) in [5.74, 6) is 0. The van der Waals surface area contributed by atoms with Crippen LogP contribution in [0.15, 0.2) is 24.3 Å². The summed E-state index contributed by atoms with van der Waals surface area (Å²) in [6.07, 6.45) is -0.547. The second-order valence-corrected chi connectivity index (χ2v) is 4.31. The zero-order chi connectivity index (χ0) is 13.0. The molecule has 0 saturated carbocycles. The number of anilines is 1. The van der Waals surface area contributed by atoms with Gasteiger partial charge in [0.2, 0.25) is 0 Å². The maximum Gasteiger partial charge on any atom is 0.322 e. The van der Waals surface area contributed by atoms with Gasteiger partial charge in [-0.05, 0) is 24.3 Å². The topological polar surface area (TPSA) is 65.4 Å². The van der Waals surface area contributed by atoms with E-state index in [1.54, 1.807) is 29.2 Å².